The lowest BCUT2D eigenvalue weighted by Gasteiger charge is -2.43. The summed E-state index contributed by atoms with van der Waals surface area (Å²) in [4.78, 5) is 0. The van der Waals surface area contributed by atoms with E-state index in [9.17, 15) is 0 Å². The van der Waals surface area contributed by atoms with Gasteiger partial charge in [0.15, 0.2) is 0 Å². The Morgan fingerprint density at radius 3 is 1.89 bits per heavy atom. The average Bonchev–Trinajstić information content (AvgIpc) is 2.26. The van der Waals surface area contributed by atoms with Gasteiger partial charge in [0.25, 0.3) is 0 Å². The summed E-state index contributed by atoms with van der Waals surface area (Å²) in [5.41, 5.74) is 1.13. The van der Waals surface area contributed by atoms with Crippen LogP contribution in [0.3, 0.4) is 0 Å². The summed E-state index contributed by atoms with van der Waals surface area (Å²) in [5, 5.41) is 0. The van der Waals surface area contributed by atoms with E-state index in [-0.39, 0.29) is 0 Å². The molecule has 0 amide bonds. The topological polar surface area (TPSA) is 0 Å². The lowest BCUT2D eigenvalue weighted by atomic mass is 9.62. The zero-order valence-electron chi connectivity index (χ0n) is 15.1. The molecule has 19 heavy (non-hydrogen) atoms. The van der Waals surface area contributed by atoms with Crippen molar-refractivity contribution in [3.05, 3.63) is 0 Å². The molecule has 0 heteroatoms. The van der Waals surface area contributed by atoms with Crippen molar-refractivity contribution in [3.63, 3.8) is 0 Å². The van der Waals surface area contributed by atoms with E-state index in [1.165, 1.54) is 44.9 Å². The number of hydrogen-bond acceptors (Lipinski definition) is 0. The van der Waals surface area contributed by atoms with E-state index in [4.69, 9.17) is 0 Å². The summed E-state index contributed by atoms with van der Waals surface area (Å²) in [6.07, 6.45) is 9.71. The van der Waals surface area contributed by atoms with Crippen molar-refractivity contribution < 1.29 is 0 Å². The lowest BCUT2D eigenvalue weighted by molar-refractivity contribution is 0.0767. The molecule has 0 spiro atoms. The largest absolute Gasteiger partial charge is 0.0656 e. The summed E-state index contributed by atoms with van der Waals surface area (Å²) in [6, 6.07) is 0. The van der Waals surface area contributed by atoms with Crippen LogP contribution in [0.25, 0.3) is 0 Å². The van der Waals surface area contributed by atoms with E-state index < -0.39 is 0 Å². The molecule has 0 nitrogen and oxygen atoms in total. The molecule has 0 aromatic rings. The molecule has 3 unspecified atom stereocenters. The first-order valence-corrected chi connectivity index (χ1v) is 8.71. The second-order valence-corrected chi connectivity index (χ2v) is 8.24. The fourth-order valence-corrected chi connectivity index (χ4v) is 4.26. The molecule has 0 radical (unpaired) electrons. The van der Waals surface area contributed by atoms with Gasteiger partial charge in [-0.05, 0) is 48.3 Å². The molecule has 3 atom stereocenters. The third-order valence-corrected chi connectivity index (χ3v) is 4.75. The smallest absolute Gasteiger partial charge is 0.0321 e. The average molecular weight is 269 g/mol. The van der Waals surface area contributed by atoms with Crippen LogP contribution in [0.1, 0.15) is 100 Å². The minimum absolute atomic E-state index is 0.545. The monoisotopic (exact) mass is 268 g/mol. The molecular weight excluding hydrogens is 228 g/mol. The van der Waals surface area contributed by atoms with Crippen LogP contribution < -0.4 is 0 Å². The SMILES string of the molecule is CCC.CCC1CC(C)CC(C)(C)CC(C)(CC)C1. The molecule has 1 aliphatic rings. The van der Waals surface area contributed by atoms with Crippen LogP contribution in [0.2, 0.25) is 0 Å². The van der Waals surface area contributed by atoms with Crippen LogP contribution in [0.15, 0.2) is 0 Å². The van der Waals surface area contributed by atoms with Crippen molar-refractivity contribution in [1.29, 1.82) is 0 Å². The van der Waals surface area contributed by atoms with Gasteiger partial charge < -0.3 is 0 Å². The molecule has 0 heterocycles. The second kappa shape index (κ2) is 8.32. The summed E-state index contributed by atoms with van der Waals surface area (Å²) < 4.78 is 0. The minimum atomic E-state index is 0.545. The van der Waals surface area contributed by atoms with Crippen LogP contribution in [0, 0.1) is 22.7 Å². The molecule has 0 N–H and O–H groups in total. The number of rotatable bonds is 2. The summed E-state index contributed by atoms with van der Waals surface area (Å²) in [6.45, 7) is 18.9. The van der Waals surface area contributed by atoms with Gasteiger partial charge in [-0.1, -0.05) is 74.7 Å². The van der Waals surface area contributed by atoms with Gasteiger partial charge in [-0.25, -0.2) is 0 Å². The number of hydrogen-bond donors (Lipinski definition) is 0. The zero-order valence-corrected chi connectivity index (χ0v) is 15.1. The van der Waals surface area contributed by atoms with Crippen molar-refractivity contribution in [2.45, 2.75) is 100 Å². The Bertz CT molecular complexity index is 228. The van der Waals surface area contributed by atoms with Gasteiger partial charge in [-0.2, -0.15) is 0 Å². The van der Waals surface area contributed by atoms with E-state index >= 15 is 0 Å². The molecule has 0 aromatic heterocycles. The van der Waals surface area contributed by atoms with E-state index in [0.717, 1.165) is 11.8 Å². The van der Waals surface area contributed by atoms with Crippen molar-refractivity contribution in [3.8, 4) is 0 Å². The molecule has 0 aliphatic heterocycles. The highest BCUT2D eigenvalue weighted by atomic mass is 14.4. The molecule has 116 valence electrons. The Hall–Kier alpha value is 0. The Morgan fingerprint density at radius 1 is 0.947 bits per heavy atom. The molecule has 1 rings (SSSR count). The molecule has 0 bridgehead atoms. The first-order valence-electron chi connectivity index (χ1n) is 8.71. The first kappa shape index (κ1) is 19.0. The maximum atomic E-state index is 2.52. The van der Waals surface area contributed by atoms with Crippen molar-refractivity contribution in [2.24, 2.45) is 22.7 Å². The fraction of sp³-hybridized carbons (Fsp3) is 1.00. The van der Waals surface area contributed by atoms with E-state index in [1.54, 1.807) is 0 Å². The van der Waals surface area contributed by atoms with Crippen LogP contribution in [-0.4, -0.2) is 0 Å². The van der Waals surface area contributed by atoms with E-state index in [1.807, 2.05) is 0 Å². The molecule has 1 fully saturated rings. The van der Waals surface area contributed by atoms with Gasteiger partial charge in [-0.3, -0.25) is 0 Å². The van der Waals surface area contributed by atoms with Crippen molar-refractivity contribution in [1.82, 2.24) is 0 Å². The van der Waals surface area contributed by atoms with E-state index in [0.29, 0.717) is 10.8 Å². The zero-order chi connectivity index (χ0) is 15.1. The Balaban J connectivity index is 0.000000982. The third-order valence-electron chi connectivity index (χ3n) is 4.75. The summed E-state index contributed by atoms with van der Waals surface area (Å²) in [7, 11) is 0. The highest BCUT2D eigenvalue weighted by molar-refractivity contribution is 4.87. The summed E-state index contributed by atoms with van der Waals surface area (Å²) in [5.74, 6) is 1.89. The Kier molecular flexibility index (Phi) is 8.32. The molecule has 0 aromatic carbocycles. The van der Waals surface area contributed by atoms with Gasteiger partial charge in [0.05, 0.1) is 0 Å². The van der Waals surface area contributed by atoms with Crippen molar-refractivity contribution >= 4 is 0 Å². The Labute approximate surface area is 123 Å². The lowest BCUT2D eigenvalue weighted by Crippen LogP contribution is -2.32. The van der Waals surface area contributed by atoms with Crippen LogP contribution in [0.4, 0.5) is 0 Å². The van der Waals surface area contributed by atoms with Gasteiger partial charge in [-0.15, -0.1) is 0 Å². The van der Waals surface area contributed by atoms with Crippen LogP contribution in [0.5, 0.6) is 0 Å². The maximum Gasteiger partial charge on any atom is -0.0321 e. The van der Waals surface area contributed by atoms with E-state index in [2.05, 4.69) is 55.4 Å². The minimum Gasteiger partial charge on any atom is -0.0656 e. The maximum absolute atomic E-state index is 2.52. The van der Waals surface area contributed by atoms with Gasteiger partial charge >= 0.3 is 0 Å². The molecule has 1 saturated carbocycles. The van der Waals surface area contributed by atoms with Gasteiger partial charge in [0.2, 0.25) is 0 Å². The fourth-order valence-electron chi connectivity index (χ4n) is 4.26. The predicted molar refractivity (Wildman–Crippen MR) is 89.6 cm³/mol. The highest BCUT2D eigenvalue weighted by Crippen LogP contribution is 2.48. The predicted octanol–water partition coefficient (Wildman–Crippen LogP) is 7.08. The summed E-state index contributed by atoms with van der Waals surface area (Å²) >= 11 is 0. The standard InChI is InChI=1S/C16H32.C3H8/c1-7-14-9-13(3)10-15(4,5)12-16(6,8-2)11-14;1-3-2/h13-14H,7-12H2,1-6H3;3H2,1-2H3. The highest BCUT2D eigenvalue weighted by Gasteiger charge is 2.36. The van der Waals surface area contributed by atoms with Crippen LogP contribution in [-0.2, 0) is 0 Å². The van der Waals surface area contributed by atoms with Crippen molar-refractivity contribution in [2.75, 3.05) is 0 Å². The Morgan fingerprint density at radius 2 is 1.47 bits per heavy atom. The molecule has 1 aliphatic carbocycles. The molecular formula is C19H40. The van der Waals surface area contributed by atoms with Gasteiger partial charge in [0, 0.05) is 0 Å². The van der Waals surface area contributed by atoms with Gasteiger partial charge in [0.1, 0.15) is 0 Å². The second-order valence-electron chi connectivity index (χ2n) is 8.24. The quantitative estimate of drug-likeness (QED) is 0.502. The normalized spacial score (nSPS) is 34.7. The molecule has 0 saturated heterocycles. The third kappa shape index (κ3) is 7.37. The first-order chi connectivity index (χ1) is 8.71. The van der Waals surface area contributed by atoms with Crippen LogP contribution >= 0.6 is 0 Å².